The predicted molar refractivity (Wildman–Crippen MR) is 130 cm³/mol. The number of nitrogens with zero attached hydrogens (tertiary/aromatic N) is 5. The van der Waals surface area contributed by atoms with Gasteiger partial charge in [0.25, 0.3) is 0 Å². The molecule has 3 aromatic heterocycles. The normalized spacial score (nSPS) is 16.6. The fourth-order valence-electron chi connectivity index (χ4n) is 4.24. The van der Waals surface area contributed by atoms with E-state index in [4.69, 9.17) is 21.3 Å². The minimum absolute atomic E-state index is 0.0486. The maximum Gasteiger partial charge on any atom is 0.166 e. The average Bonchev–Trinajstić information content (AvgIpc) is 3.37. The number of thioether (sulfide) groups is 1. The van der Waals surface area contributed by atoms with E-state index in [0.717, 1.165) is 70.4 Å². The topological polar surface area (TPSA) is 69.8 Å². The Balaban J connectivity index is 1.55. The van der Waals surface area contributed by atoms with Crippen molar-refractivity contribution in [2.45, 2.75) is 37.3 Å². The zero-order chi connectivity index (χ0) is 22.2. The number of fused-ring (bicyclic) bond motifs is 1. The van der Waals surface area contributed by atoms with Gasteiger partial charge in [-0.2, -0.15) is 0 Å². The summed E-state index contributed by atoms with van der Waals surface area (Å²) < 4.78 is 10.1. The summed E-state index contributed by atoms with van der Waals surface area (Å²) in [7, 11) is 2.00. The molecule has 5 rings (SSSR count). The molecule has 1 fully saturated rings. The SMILES string of the molecule is CSc1cc(-c2cncn2C)ccc1Nc1cc(Cl)nc2c1nc(C)n2C1CCCCO1. The molecule has 0 radical (unpaired) electrons. The quantitative estimate of drug-likeness (QED) is 0.288. The van der Waals surface area contributed by atoms with Crippen molar-refractivity contribution in [3.05, 3.63) is 47.8 Å². The Morgan fingerprint density at radius 2 is 2.06 bits per heavy atom. The monoisotopic (exact) mass is 468 g/mol. The zero-order valence-electron chi connectivity index (χ0n) is 18.3. The van der Waals surface area contributed by atoms with E-state index < -0.39 is 0 Å². The lowest BCUT2D eigenvalue weighted by atomic mass is 10.1. The van der Waals surface area contributed by atoms with Crippen LogP contribution < -0.4 is 5.32 Å². The molecule has 0 amide bonds. The van der Waals surface area contributed by atoms with E-state index in [1.54, 1.807) is 11.8 Å². The highest BCUT2D eigenvalue weighted by Gasteiger charge is 2.23. The number of hydrogen-bond donors (Lipinski definition) is 1. The predicted octanol–water partition coefficient (Wildman–Crippen LogP) is 5.96. The molecule has 4 aromatic rings. The van der Waals surface area contributed by atoms with Gasteiger partial charge in [-0.05, 0) is 44.6 Å². The molecule has 1 saturated heterocycles. The number of hydrogen-bond acceptors (Lipinski definition) is 6. The molecule has 7 nitrogen and oxygen atoms in total. The molecule has 1 aliphatic rings. The number of nitrogens with one attached hydrogen (secondary N) is 1. The van der Waals surface area contributed by atoms with Crippen molar-refractivity contribution < 1.29 is 4.74 Å². The molecule has 0 spiro atoms. The summed E-state index contributed by atoms with van der Waals surface area (Å²) in [6.07, 6.45) is 8.89. The molecule has 0 saturated carbocycles. The third kappa shape index (κ3) is 3.87. The summed E-state index contributed by atoms with van der Waals surface area (Å²) >= 11 is 8.13. The van der Waals surface area contributed by atoms with Crippen molar-refractivity contribution in [3.63, 3.8) is 0 Å². The van der Waals surface area contributed by atoms with Gasteiger partial charge in [-0.25, -0.2) is 15.0 Å². The Morgan fingerprint density at radius 1 is 1.19 bits per heavy atom. The van der Waals surface area contributed by atoms with Crippen LogP contribution in [0, 0.1) is 6.92 Å². The van der Waals surface area contributed by atoms with Crippen molar-refractivity contribution in [3.8, 4) is 11.3 Å². The second kappa shape index (κ2) is 8.77. The largest absolute Gasteiger partial charge is 0.358 e. The number of imidazole rings is 2. The number of ether oxygens (including phenoxy) is 1. The van der Waals surface area contributed by atoms with Crippen molar-refractivity contribution in [2.24, 2.45) is 7.05 Å². The number of anilines is 2. The zero-order valence-corrected chi connectivity index (χ0v) is 19.9. The molecular weight excluding hydrogens is 444 g/mol. The second-order valence-electron chi connectivity index (χ2n) is 7.94. The lowest BCUT2D eigenvalue weighted by Crippen LogP contribution is -2.19. The number of rotatable bonds is 5. The summed E-state index contributed by atoms with van der Waals surface area (Å²) in [6.45, 7) is 2.75. The number of halogens is 1. The van der Waals surface area contributed by atoms with Crippen LogP contribution in [0.4, 0.5) is 11.4 Å². The molecule has 1 aromatic carbocycles. The van der Waals surface area contributed by atoms with E-state index in [1.807, 2.05) is 37.1 Å². The summed E-state index contributed by atoms with van der Waals surface area (Å²) in [6, 6.07) is 8.19. The van der Waals surface area contributed by atoms with E-state index >= 15 is 0 Å². The fourth-order valence-corrected chi connectivity index (χ4v) is 5.02. The van der Waals surface area contributed by atoms with Crippen LogP contribution in [0.1, 0.15) is 31.3 Å². The molecule has 0 bridgehead atoms. The van der Waals surface area contributed by atoms with E-state index in [9.17, 15) is 0 Å². The smallest absolute Gasteiger partial charge is 0.166 e. The molecule has 4 heterocycles. The van der Waals surface area contributed by atoms with Gasteiger partial charge in [-0.15, -0.1) is 11.8 Å². The Kier molecular flexibility index (Phi) is 5.84. The maximum absolute atomic E-state index is 6.45. The first-order valence-electron chi connectivity index (χ1n) is 10.6. The average molecular weight is 469 g/mol. The summed E-state index contributed by atoms with van der Waals surface area (Å²) in [5, 5.41) is 3.98. The number of pyridine rings is 1. The van der Waals surface area contributed by atoms with Crippen LogP contribution in [0.25, 0.3) is 22.4 Å². The van der Waals surface area contributed by atoms with Crippen molar-refractivity contribution in [1.29, 1.82) is 0 Å². The number of benzene rings is 1. The van der Waals surface area contributed by atoms with Gasteiger partial charge in [0.1, 0.15) is 22.7 Å². The highest BCUT2D eigenvalue weighted by molar-refractivity contribution is 7.98. The second-order valence-corrected chi connectivity index (χ2v) is 9.18. The van der Waals surface area contributed by atoms with Crippen LogP contribution in [0.15, 0.2) is 41.7 Å². The lowest BCUT2D eigenvalue weighted by Gasteiger charge is -2.25. The van der Waals surface area contributed by atoms with Crippen LogP contribution in [0.5, 0.6) is 0 Å². The fraction of sp³-hybridized carbons (Fsp3) is 0.348. The van der Waals surface area contributed by atoms with Gasteiger partial charge in [0.2, 0.25) is 0 Å². The number of aryl methyl sites for hydroxylation is 2. The minimum Gasteiger partial charge on any atom is -0.358 e. The van der Waals surface area contributed by atoms with E-state index in [1.165, 1.54) is 0 Å². The van der Waals surface area contributed by atoms with E-state index in [2.05, 4.69) is 44.3 Å². The standard InChI is InChI=1S/C23H25ClN6OS/c1-14-26-22-17(11-20(24)28-23(22)30(14)21-6-4-5-9-31-21)27-16-8-7-15(10-19(16)32-3)18-12-25-13-29(18)2/h7-8,10-13,21H,4-6,9H2,1-3H3,(H,27,28). The lowest BCUT2D eigenvalue weighted by molar-refractivity contribution is -0.0309. The van der Waals surface area contributed by atoms with Crippen molar-refractivity contribution in [2.75, 3.05) is 18.2 Å². The summed E-state index contributed by atoms with van der Waals surface area (Å²) in [5.41, 5.74) is 5.57. The molecule has 1 N–H and O–H groups in total. The van der Waals surface area contributed by atoms with Gasteiger partial charge in [0.05, 0.1) is 29.6 Å². The third-order valence-corrected chi connectivity index (χ3v) is 6.79. The summed E-state index contributed by atoms with van der Waals surface area (Å²) in [5.74, 6) is 0.876. The summed E-state index contributed by atoms with van der Waals surface area (Å²) in [4.78, 5) is 14.8. The maximum atomic E-state index is 6.45. The van der Waals surface area contributed by atoms with Gasteiger partial charge in [-0.3, -0.25) is 4.57 Å². The van der Waals surface area contributed by atoms with Crippen LogP contribution in [-0.4, -0.2) is 36.9 Å². The highest BCUT2D eigenvalue weighted by Crippen LogP contribution is 2.36. The molecule has 0 aliphatic carbocycles. The molecule has 1 atom stereocenters. The van der Waals surface area contributed by atoms with Crippen molar-refractivity contribution in [1.82, 2.24) is 24.1 Å². The van der Waals surface area contributed by atoms with E-state index in [0.29, 0.717) is 5.15 Å². The van der Waals surface area contributed by atoms with Gasteiger partial charge in [-0.1, -0.05) is 17.7 Å². The van der Waals surface area contributed by atoms with Gasteiger partial charge >= 0.3 is 0 Å². The first-order valence-corrected chi connectivity index (χ1v) is 12.2. The third-order valence-electron chi connectivity index (χ3n) is 5.82. The van der Waals surface area contributed by atoms with Crippen LogP contribution in [-0.2, 0) is 11.8 Å². The van der Waals surface area contributed by atoms with Crippen LogP contribution >= 0.6 is 23.4 Å². The molecule has 166 valence electrons. The Hall–Kier alpha value is -2.55. The minimum atomic E-state index is -0.0486. The molecule has 1 aliphatic heterocycles. The molecule has 9 heteroatoms. The molecular formula is C23H25ClN6OS. The molecule has 32 heavy (non-hydrogen) atoms. The van der Waals surface area contributed by atoms with Crippen LogP contribution in [0.3, 0.4) is 0 Å². The molecule has 1 unspecified atom stereocenters. The Bertz CT molecular complexity index is 1280. The Morgan fingerprint density at radius 3 is 2.78 bits per heavy atom. The van der Waals surface area contributed by atoms with Gasteiger partial charge < -0.3 is 14.6 Å². The van der Waals surface area contributed by atoms with Gasteiger partial charge in [0.15, 0.2) is 5.65 Å². The highest BCUT2D eigenvalue weighted by atomic mass is 35.5. The first-order chi connectivity index (χ1) is 15.5. The first kappa shape index (κ1) is 21.3. The van der Waals surface area contributed by atoms with Crippen LogP contribution in [0.2, 0.25) is 5.15 Å². The van der Waals surface area contributed by atoms with Crippen molar-refractivity contribution >= 4 is 45.9 Å². The Labute approximate surface area is 196 Å². The van der Waals surface area contributed by atoms with E-state index in [-0.39, 0.29) is 6.23 Å². The number of aromatic nitrogens is 5. The van der Waals surface area contributed by atoms with Gasteiger partial charge in [0, 0.05) is 30.2 Å².